The molecule has 1 N–H and O–H groups in total. The smallest absolute Gasteiger partial charge is 0.278 e. The summed E-state index contributed by atoms with van der Waals surface area (Å²) in [5.74, 6) is 0.578. The van der Waals surface area contributed by atoms with Gasteiger partial charge in [-0.15, -0.1) is 0 Å². The van der Waals surface area contributed by atoms with E-state index in [-0.39, 0.29) is 17.8 Å². The van der Waals surface area contributed by atoms with Crippen LogP contribution < -0.4 is 14.8 Å². The molecule has 1 aromatic heterocycles. The second-order valence-electron chi connectivity index (χ2n) is 7.18. The summed E-state index contributed by atoms with van der Waals surface area (Å²) in [6, 6.07) is 13.8. The van der Waals surface area contributed by atoms with Crippen LogP contribution >= 0.6 is 11.6 Å². The highest BCUT2D eigenvalue weighted by atomic mass is 35.5. The van der Waals surface area contributed by atoms with Crippen molar-refractivity contribution in [2.45, 2.75) is 13.5 Å². The molecule has 0 aliphatic carbocycles. The minimum atomic E-state index is -0.453. The van der Waals surface area contributed by atoms with Gasteiger partial charge in [-0.05, 0) is 60.5 Å². The van der Waals surface area contributed by atoms with Crippen molar-refractivity contribution in [3.05, 3.63) is 82.4 Å². The van der Waals surface area contributed by atoms with Gasteiger partial charge in [-0.25, -0.2) is 0 Å². The number of aryl methyl sites for hydroxylation is 1. The molecule has 0 radical (unpaired) electrons. The van der Waals surface area contributed by atoms with Crippen molar-refractivity contribution in [3.8, 4) is 11.5 Å². The molecule has 0 fully saturated rings. The lowest BCUT2D eigenvalue weighted by atomic mass is 10.0. The number of anilines is 1. The highest BCUT2D eigenvalue weighted by Crippen LogP contribution is 2.36. The molecular weight excluding hydrogens is 432 g/mol. The van der Waals surface area contributed by atoms with Crippen LogP contribution in [0.5, 0.6) is 11.5 Å². The average Bonchev–Trinajstić information content (AvgIpc) is 3.38. The second-order valence-corrected chi connectivity index (χ2v) is 7.62. The molecule has 1 aliphatic rings. The van der Waals surface area contributed by atoms with Crippen molar-refractivity contribution in [2.75, 3.05) is 19.5 Å². The van der Waals surface area contributed by atoms with Crippen molar-refractivity contribution < 1.29 is 23.5 Å². The monoisotopic (exact) mass is 452 g/mol. The van der Waals surface area contributed by atoms with Gasteiger partial charge in [0.1, 0.15) is 11.5 Å². The zero-order valence-corrected chi connectivity index (χ0v) is 18.5. The molecule has 4 rings (SSSR count). The number of benzene rings is 2. The zero-order valence-electron chi connectivity index (χ0n) is 17.8. The molecule has 1 aliphatic heterocycles. The van der Waals surface area contributed by atoms with Gasteiger partial charge in [-0.1, -0.05) is 17.7 Å². The predicted octanol–water partition coefficient (Wildman–Crippen LogP) is 4.65. The van der Waals surface area contributed by atoms with Gasteiger partial charge in [0.2, 0.25) is 0 Å². The van der Waals surface area contributed by atoms with Crippen LogP contribution in [-0.2, 0) is 16.1 Å². The van der Waals surface area contributed by atoms with Crippen molar-refractivity contribution in [2.24, 2.45) is 0 Å². The number of nitrogens with one attached hydrogen (secondary N) is 1. The summed E-state index contributed by atoms with van der Waals surface area (Å²) in [5, 5.41) is 3.73. The fourth-order valence-electron chi connectivity index (χ4n) is 3.56. The third kappa shape index (κ3) is 3.94. The van der Waals surface area contributed by atoms with Gasteiger partial charge in [0.15, 0.2) is 11.5 Å². The second kappa shape index (κ2) is 8.80. The summed E-state index contributed by atoms with van der Waals surface area (Å²) < 4.78 is 16.0. The number of carbonyl (C=O) groups is 2. The Kier molecular flexibility index (Phi) is 5.92. The van der Waals surface area contributed by atoms with Crippen LogP contribution in [0.3, 0.4) is 0 Å². The third-order valence-corrected chi connectivity index (χ3v) is 5.42. The van der Waals surface area contributed by atoms with Crippen LogP contribution in [0, 0.1) is 6.92 Å². The molecule has 0 saturated heterocycles. The first-order chi connectivity index (χ1) is 15.4. The van der Waals surface area contributed by atoms with Gasteiger partial charge in [-0.2, -0.15) is 0 Å². The largest absolute Gasteiger partial charge is 0.493 e. The van der Waals surface area contributed by atoms with E-state index >= 15 is 0 Å². The van der Waals surface area contributed by atoms with Gasteiger partial charge < -0.3 is 19.2 Å². The van der Waals surface area contributed by atoms with E-state index in [4.69, 9.17) is 25.5 Å². The number of ether oxygens (including phenoxy) is 2. The summed E-state index contributed by atoms with van der Waals surface area (Å²) in [4.78, 5) is 27.9. The topological polar surface area (TPSA) is 81.0 Å². The molecule has 32 heavy (non-hydrogen) atoms. The first-order valence-corrected chi connectivity index (χ1v) is 10.2. The minimum Gasteiger partial charge on any atom is -0.493 e. The highest BCUT2D eigenvalue weighted by molar-refractivity contribution is 6.36. The SMILES string of the molecule is COc1ccc(C2=C(Nc3ccc(Cl)cc3C)C(=O)N(Cc3ccco3)C2=O)cc1OC. The zero-order chi connectivity index (χ0) is 22.8. The minimum absolute atomic E-state index is 0.0201. The number of amides is 2. The van der Waals surface area contributed by atoms with E-state index in [1.54, 1.807) is 48.5 Å². The lowest BCUT2D eigenvalue weighted by Crippen LogP contribution is -2.31. The number of rotatable bonds is 7. The lowest BCUT2D eigenvalue weighted by molar-refractivity contribution is -0.137. The number of carbonyl (C=O) groups excluding carboxylic acids is 2. The maximum absolute atomic E-state index is 13.4. The Morgan fingerprint density at radius 2 is 1.78 bits per heavy atom. The highest BCUT2D eigenvalue weighted by Gasteiger charge is 2.40. The van der Waals surface area contributed by atoms with E-state index in [0.717, 1.165) is 10.5 Å². The van der Waals surface area contributed by atoms with Gasteiger partial charge in [0.05, 0.1) is 32.6 Å². The molecule has 0 bridgehead atoms. The summed E-state index contributed by atoms with van der Waals surface area (Å²) in [7, 11) is 3.04. The van der Waals surface area contributed by atoms with Crippen LogP contribution in [0.25, 0.3) is 5.57 Å². The van der Waals surface area contributed by atoms with Crippen molar-refractivity contribution in [1.29, 1.82) is 0 Å². The van der Waals surface area contributed by atoms with Gasteiger partial charge >= 0.3 is 0 Å². The number of imide groups is 1. The number of nitrogens with zero attached hydrogens (tertiary/aromatic N) is 1. The Morgan fingerprint density at radius 3 is 2.44 bits per heavy atom. The van der Waals surface area contributed by atoms with Crippen LogP contribution in [0.1, 0.15) is 16.9 Å². The quantitative estimate of drug-likeness (QED) is 0.525. The maximum atomic E-state index is 13.4. The predicted molar refractivity (Wildman–Crippen MR) is 121 cm³/mol. The van der Waals surface area contributed by atoms with Crippen LogP contribution in [0.2, 0.25) is 5.02 Å². The van der Waals surface area contributed by atoms with Crippen molar-refractivity contribution in [1.82, 2.24) is 4.90 Å². The number of halogens is 1. The van der Waals surface area contributed by atoms with Crippen LogP contribution in [0.15, 0.2) is 64.9 Å². The molecule has 2 amide bonds. The maximum Gasteiger partial charge on any atom is 0.278 e. The number of hydrogen-bond donors (Lipinski definition) is 1. The molecule has 0 atom stereocenters. The Morgan fingerprint density at radius 1 is 1.00 bits per heavy atom. The van der Waals surface area contributed by atoms with E-state index in [0.29, 0.717) is 33.5 Å². The number of methoxy groups -OCH3 is 2. The Hall–Kier alpha value is -3.71. The van der Waals surface area contributed by atoms with Crippen molar-refractivity contribution in [3.63, 3.8) is 0 Å². The van der Waals surface area contributed by atoms with Crippen LogP contribution in [0.4, 0.5) is 5.69 Å². The van der Waals surface area contributed by atoms with Gasteiger partial charge in [0, 0.05) is 10.7 Å². The molecule has 8 heteroatoms. The van der Waals surface area contributed by atoms with E-state index in [9.17, 15) is 9.59 Å². The number of furan rings is 1. The van der Waals surface area contributed by atoms with Crippen LogP contribution in [-0.4, -0.2) is 30.9 Å². The Labute approximate surface area is 190 Å². The Bertz CT molecular complexity index is 1220. The molecule has 7 nitrogen and oxygen atoms in total. The fraction of sp³-hybridized carbons (Fsp3) is 0.167. The van der Waals surface area contributed by atoms with E-state index in [2.05, 4.69) is 5.32 Å². The molecule has 2 heterocycles. The van der Waals surface area contributed by atoms with Gasteiger partial charge in [0.25, 0.3) is 11.8 Å². The summed E-state index contributed by atoms with van der Waals surface area (Å²) >= 11 is 6.07. The summed E-state index contributed by atoms with van der Waals surface area (Å²) in [6.45, 7) is 1.89. The first-order valence-electron chi connectivity index (χ1n) is 9.81. The standard InChI is InChI=1S/C24H21ClN2O5/c1-14-11-16(25)7-8-18(14)26-22-21(15-6-9-19(30-2)20(12-15)31-3)23(28)27(24(22)29)13-17-5-4-10-32-17/h4-12,26H,13H2,1-3H3. The molecule has 0 spiro atoms. The first kappa shape index (κ1) is 21.5. The van der Waals surface area contributed by atoms with E-state index in [1.807, 2.05) is 6.92 Å². The summed E-state index contributed by atoms with van der Waals surface area (Å²) in [6.07, 6.45) is 1.50. The van der Waals surface area contributed by atoms with Gasteiger partial charge in [-0.3, -0.25) is 14.5 Å². The third-order valence-electron chi connectivity index (χ3n) is 5.18. The van der Waals surface area contributed by atoms with E-state index < -0.39 is 11.8 Å². The lowest BCUT2D eigenvalue weighted by Gasteiger charge is -2.14. The average molecular weight is 453 g/mol. The molecule has 3 aromatic rings. The molecular formula is C24H21ClN2O5. The normalized spacial score (nSPS) is 13.7. The molecule has 2 aromatic carbocycles. The number of hydrogen-bond acceptors (Lipinski definition) is 6. The van der Waals surface area contributed by atoms with E-state index in [1.165, 1.54) is 20.5 Å². The van der Waals surface area contributed by atoms with Crippen molar-refractivity contribution >= 4 is 34.7 Å². The fourth-order valence-corrected chi connectivity index (χ4v) is 3.78. The molecule has 164 valence electrons. The Balaban J connectivity index is 1.81. The molecule has 0 unspecified atom stereocenters. The summed E-state index contributed by atoms with van der Waals surface area (Å²) in [5.41, 5.74) is 2.43. The molecule has 0 saturated carbocycles.